The number of hydrogen-bond donors (Lipinski definition) is 3. The average molecular weight is 616 g/mol. The number of amides is 1. The highest BCUT2D eigenvalue weighted by Crippen LogP contribution is 2.57. The maximum absolute atomic E-state index is 13.2. The summed E-state index contributed by atoms with van der Waals surface area (Å²) in [6.45, 7) is -0.714. The highest BCUT2D eigenvalue weighted by Gasteiger charge is 2.35. The third-order valence-electron chi connectivity index (χ3n) is 6.99. The number of H-pyrrole nitrogens is 1. The summed E-state index contributed by atoms with van der Waals surface area (Å²) in [6, 6.07) is 2.99. The molecule has 2 fully saturated rings. The van der Waals surface area contributed by atoms with E-state index in [2.05, 4.69) is 15.6 Å². The van der Waals surface area contributed by atoms with Gasteiger partial charge in [-0.3, -0.25) is 23.7 Å². The van der Waals surface area contributed by atoms with Crippen molar-refractivity contribution in [2.24, 2.45) is 0 Å². The number of halogens is 1. The van der Waals surface area contributed by atoms with Crippen molar-refractivity contribution in [3.8, 4) is 17.2 Å². The lowest BCUT2D eigenvalue weighted by atomic mass is 10.1. The lowest BCUT2D eigenvalue weighted by Gasteiger charge is -2.35. The lowest BCUT2D eigenvalue weighted by molar-refractivity contribution is -0.0934. The molecule has 4 rings (SSSR count). The summed E-state index contributed by atoms with van der Waals surface area (Å²) in [5, 5.41) is 6.15. The van der Waals surface area contributed by atoms with E-state index in [1.807, 2.05) is 0 Å². The summed E-state index contributed by atoms with van der Waals surface area (Å²) in [7, 11) is 4.44. The van der Waals surface area contributed by atoms with E-state index in [0.717, 1.165) is 0 Å². The second-order valence-corrected chi connectivity index (χ2v) is 12.7. The Bertz CT molecular complexity index is 1380. The highest BCUT2D eigenvalue weighted by molar-refractivity contribution is 7.83. The van der Waals surface area contributed by atoms with E-state index in [4.69, 9.17) is 34.7 Å². The number of ether oxygens (including phenoxy) is 4. The monoisotopic (exact) mass is 615 g/mol. The normalized spacial score (nSPS) is 21.6. The molecule has 0 saturated carbocycles. The molecule has 226 valence electrons. The minimum absolute atomic E-state index is 0.0703. The van der Waals surface area contributed by atoms with Gasteiger partial charge in [-0.2, -0.15) is 0 Å². The minimum atomic E-state index is -3.68. The fourth-order valence-corrected chi connectivity index (χ4v) is 6.58. The van der Waals surface area contributed by atoms with Gasteiger partial charge in [-0.15, -0.1) is 0 Å². The van der Waals surface area contributed by atoms with Crippen LogP contribution >= 0.6 is 18.1 Å². The highest BCUT2D eigenvalue weighted by atomic mass is 35.7. The van der Waals surface area contributed by atoms with Crippen molar-refractivity contribution in [1.82, 2.24) is 24.9 Å². The standard InChI is InChI=1S/C25H35ClN5O9P/c1-15-13-31(25(34)29-23(15)32)21-12-27-11-18(40-21)14-39-41(26,35)30-7-5-17(6-8-30)28-24(33)16-9-19(36-2)22(38-4)20(10-16)37-3/h9-10,13,17-18,21,27H,5-8,11-12,14H2,1-4H3,(H,28,33)(H,29,32,34). The summed E-state index contributed by atoms with van der Waals surface area (Å²) in [4.78, 5) is 39.1. The van der Waals surface area contributed by atoms with Crippen molar-refractivity contribution in [3.63, 3.8) is 0 Å². The molecule has 3 N–H and O–H groups in total. The van der Waals surface area contributed by atoms with E-state index < -0.39 is 30.5 Å². The number of nitrogens with one attached hydrogen (secondary N) is 3. The Kier molecular flexibility index (Phi) is 10.2. The molecule has 0 spiro atoms. The van der Waals surface area contributed by atoms with Crippen LogP contribution in [0.25, 0.3) is 0 Å². The number of carbonyl (C=O) groups excluding carboxylic acids is 1. The summed E-state index contributed by atoms with van der Waals surface area (Å²) in [5.41, 5.74) is -0.313. The van der Waals surface area contributed by atoms with Gasteiger partial charge in [0, 0.05) is 49.5 Å². The van der Waals surface area contributed by atoms with E-state index in [-0.39, 0.29) is 18.6 Å². The van der Waals surface area contributed by atoms with Crippen LogP contribution in [0.4, 0.5) is 0 Å². The molecule has 2 aliphatic heterocycles. The fourth-order valence-electron chi connectivity index (χ4n) is 4.74. The number of carbonyl (C=O) groups is 1. The van der Waals surface area contributed by atoms with Crippen molar-refractivity contribution >= 4 is 24.0 Å². The first-order chi connectivity index (χ1) is 19.6. The third kappa shape index (κ3) is 7.32. The average Bonchev–Trinajstić information content (AvgIpc) is 2.97. The first-order valence-electron chi connectivity index (χ1n) is 13.0. The maximum atomic E-state index is 13.2. The Morgan fingerprint density at radius 1 is 1.12 bits per heavy atom. The number of rotatable bonds is 10. The number of benzene rings is 1. The maximum Gasteiger partial charge on any atom is 0.363 e. The molecule has 0 radical (unpaired) electrons. The van der Waals surface area contributed by atoms with Gasteiger partial charge in [-0.25, -0.2) is 9.46 Å². The zero-order valence-electron chi connectivity index (χ0n) is 23.3. The van der Waals surface area contributed by atoms with Gasteiger partial charge >= 0.3 is 12.6 Å². The molecule has 2 aliphatic rings. The number of piperidine rings is 1. The molecule has 0 bridgehead atoms. The van der Waals surface area contributed by atoms with Crippen molar-refractivity contribution in [2.45, 2.75) is 38.1 Å². The predicted molar refractivity (Wildman–Crippen MR) is 150 cm³/mol. The zero-order valence-corrected chi connectivity index (χ0v) is 25.0. The molecule has 14 nitrogen and oxygen atoms in total. The van der Waals surface area contributed by atoms with Crippen molar-refractivity contribution < 1.29 is 32.8 Å². The number of aromatic nitrogens is 2. The van der Waals surface area contributed by atoms with Crippen molar-refractivity contribution in [1.29, 1.82) is 0 Å². The number of hydrogen-bond acceptors (Lipinski definition) is 10. The molecule has 3 heterocycles. The van der Waals surface area contributed by atoms with Crippen molar-refractivity contribution in [3.05, 3.63) is 50.3 Å². The first-order valence-corrected chi connectivity index (χ1v) is 15.5. The van der Waals surface area contributed by atoms with Gasteiger partial charge in [-0.05, 0) is 43.1 Å². The van der Waals surface area contributed by atoms with E-state index >= 15 is 0 Å². The second-order valence-electron chi connectivity index (χ2n) is 9.71. The molecule has 1 amide bonds. The molecular formula is C25H35ClN5O9P. The Hall–Kier alpha value is -2.87. The van der Waals surface area contributed by atoms with Gasteiger partial charge in [0.2, 0.25) is 5.75 Å². The predicted octanol–water partition coefficient (Wildman–Crippen LogP) is 1.62. The minimum Gasteiger partial charge on any atom is -0.493 e. The molecule has 16 heteroatoms. The number of morpholine rings is 1. The first kappa shape index (κ1) is 31.1. The van der Waals surface area contributed by atoms with Gasteiger partial charge < -0.3 is 34.1 Å². The molecule has 1 aromatic carbocycles. The Morgan fingerprint density at radius 3 is 2.39 bits per heavy atom. The van der Waals surface area contributed by atoms with Gasteiger partial charge in [0.1, 0.15) is 0 Å². The molecule has 2 aromatic rings. The van der Waals surface area contributed by atoms with Crippen LogP contribution in [-0.4, -0.2) is 86.4 Å². The Labute approximate surface area is 241 Å². The van der Waals surface area contributed by atoms with Crippen LogP contribution in [0.15, 0.2) is 27.9 Å². The van der Waals surface area contributed by atoms with Crippen LogP contribution in [-0.2, 0) is 13.8 Å². The number of aryl methyl sites for hydroxylation is 1. The quantitative estimate of drug-likeness (QED) is 0.333. The summed E-state index contributed by atoms with van der Waals surface area (Å²) in [6.07, 6.45) is 1.24. The molecule has 2 saturated heterocycles. The topological polar surface area (TPSA) is 162 Å². The lowest BCUT2D eigenvalue weighted by Crippen LogP contribution is -2.48. The smallest absolute Gasteiger partial charge is 0.363 e. The number of nitrogens with zero attached hydrogens (tertiary/aromatic N) is 2. The second kappa shape index (κ2) is 13.4. The van der Waals surface area contributed by atoms with E-state index in [1.54, 1.807) is 23.7 Å². The van der Waals surface area contributed by atoms with Crippen LogP contribution in [0, 0.1) is 6.92 Å². The van der Waals surface area contributed by atoms with Crippen LogP contribution in [0.5, 0.6) is 17.2 Å². The molecule has 1 aromatic heterocycles. The van der Waals surface area contributed by atoms with Crippen LogP contribution in [0.2, 0.25) is 0 Å². The SMILES string of the molecule is COc1cc(C(=O)NC2CCN(P(=O)(Cl)OCC3CNCC(n4cc(C)c(=O)[nH]c4=O)O3)CC2)cc(OC)c1OC. The summed E-state index contributed by atoms with van der Waals surface area (Å²) in [5.74, 6) is 0.831. The zero-order chi connectivity index (χ0) is 29.7. The summed E-state index contributed by atoms with van der Waals surface area (Å²) < 4.78 is 43.7. The number of methoxy groups -OCH3 is 3. The molecule has 3 atom stereocenters. The third-order valence-corrected chi connectivity index (χ3v) is 9.47. The fraction of sp³-hybridized carbons (Fsp3) is 0.560. The van der Waals surface area contributed by atoms with E-state index in [0.29, 0.717) is 67.4 Å². The van der Waals surface area contributed by atoms with Gasteiger partial charge in [0.15, 0.2) is 17.7 Å². The van der Waals surface area contributed by atoms with E-state index in [9.17, 15) is 18.9 Å². The molecule has 3 unspecified atom stereocenters. The molecule has 41 heavy (non-hydrogen) atoms. The number of aromatic amines is 1. The Balaban J connectivity index is 1.29. The van der Waals surface area contributed by atoms with Gasteiger partial charge in [0.25, 0.3) is 11.5 Å². The van der Waals surface area contributed by atoms with Crippen LogP contribution < -0.4 is 36.1 Å². The molecular weight excluding hydrogens is 581 g/mol. The van der Waals surface area contributed by atoms with Gasteiger partial charge in [0.05, 0.1) is 34.0 Å². The van der Waals surface area contributed by atoms with E-state index in [1.165, 1.54) is 32.1 Å². The largest absolute Gasteiger partial charge is 0.493 e. The summed E-state index contributed by atoms with van der Waals surface area (Å²) >= 11 is 6.36. The van der Waals surface area contributed by atoms with Crippen LogP contribution in [0.3, 0.4) is 0 Å². The Morgan fingerprint density at radius 2 is 1.78 bits per heavy atom. The van der Waals surface area contributed by atoms with Crippen molar-refractivity contribution in [2.75, 3.05) is 54.1 Å². The molecule has 0 aliphatic carbocycles. The van der Waals surface area contributed by atoms with Crippen LogP contribution in [0.1, 0.15) is 35.0 Å². The van der Waals surface area contributed by atoms with Gasteiger partial charge in [-0.1, -0.05) is 0 Å².